The summed E-state index contributed by atoms with van der Waals surface area (Å²) in [5.74, 6) is 0.367. The molecule has 2 fully saturated rings. The SMILES string of the molecule is C[C@H](C(=O)N1CCCCCC1)N1CCCC(C)(C)CC1. The van der Waals surface area contributed by atoms with Crippen LogP contribution in [0.3, 0.4) is 0 Å². The van der Waals surface area contributed by atoms with Crippen molar-refractivity contribution in [3.8, 4) is 0 Å². The minimum Gasteiger partial charge on any atom is -0.341 e. The van der Waals surface area contributed by atoms with Crippen molar-refractivity contribution < 1.29 is 4.79 Å². The largest absolute Gasteiger partial charge is 0.341 e. The molecule has 0 N–H and O–H groups in total. The lowest BCUT2D eigenvalue weighted by atomic mass is 9.85. The predicted octanol–water partition coefficient (Wildman–Crippen LogP) is 3.29. The van der Waals surface area contributed by atoms with E-state index >= 15 is 0 Å². The summed E-state index contributed by atoms with van der Waals surface area (Å²) >= 11 is 0. The van der Waals surface area contributed by atoms with Crippen LogP contribution >= 0.6 is 0 Å². The van der Waals surface area contributed by atoms with Crippen LogP contribution in [-0.4, -0.2) is 47.9 Å². The number of nitrogens with zero attached hydrogens (tertiary/aromatic N) is 2. The second-order valence-electron chi connectivity index (χ2n) is 7.47. The van der Waals surface area contributed by atoms with E-state index in [0.717, 1.165) is 26.2 Å². The van der Waals surface area contributed by atoms with E-state index in [4.69, 9.17) is 0 Å². The molecule has 20 heavy (non-hydrogen) atoms. The average molecular weight is 280 g/mol. The monoisotopic (exact) mass is 280 g/mol. The lowest BCUT2D eigenvalue weighted by molar-refractivity contribution is -0.136. The van der Waals surface area contributed by atoms with Crippen molar-refractivity contribution in [3.63, 3.8) is 0 Å². The van der Waals surface area contributed by atoms with E-state index in [1.165, 1.54) is 44.9 Å². The van der Waals surface area contributed by atoms with Gasteiger partial charge in [0, 0.05) is 13.1 Å². The molecule has 3 heteroatoms. The van der Waals surface area contributed by atoms with Crippen LogP contribution in [0.2, 0.25) is 0 Å². The Hall–Kier alpha value is -0.570. The van der Waals surface area contributed by atoms with Gasteiger partial charge in [-0.2, -0.15) is 0 Å². The van der Waals surface area contributed by atoms with Gasteiger partial charge in [-0.15, -0.1) is 0 Å². The maximum absolute atomic E-state index is 12.7. The van der Waals surface area contributed by atoms with Crippen molar-refractivity contribution in [3.05, 3.63) is 0 Å². The number of likely N-dealkylation sites (tertiary alicyclic amines) is 2. The summed E-state index contributed by atoms with van der Waals surface area (Å²) in [4.78, 5) is 17.2. The summed E-state index contributed by atoms with van der Waals surface area (Å²) in [7, 11) is 0. The molecule has 0 bridgehead atoms. The zero-order valence-electron chi connectivity index (χ0n) is 13.7. The van der Waals surface area contributed by atoms with Crippen molar-refractivity contribution in [2.24, 2.45) is 5.41 Å². The molecule has 0 aromatic heterocycles. The highest BCUT2D eigenvalue weighted by Crippen LogP contribution is 2.30. The third-order valence-corrected chi connectivity index (χ3v) is 5.20. The van der Waals surface area contributed by atoms with E-state index in [0.29, 0.717) is 11.3 Å². The molecule has 2 rings (SSSR count). The fraction of sp³-hybridized carbons (Fsp3) is 0.941. The van der Waals surface area contributed by atoms with E-state index in [1.807, 2.05) is 0 Å². The lowest BCUT2D eigenvalue weighted by Crippen LogP contribution is -2.47. The number of carbonyl (C=O) groups is 1. The Kier molecular flexibility index (Phi) is 5.48. The number of amides is 1. The quantitative estimate of drug-likeness (QED) is 0.775. The summed E-state index contributed by atoms with van der Waals surface area (Å²) in [6.45, 7) is 10.9. The molecule has 2 saturated heterocycles. The molecule has 0 aromatic carbocycles. The van der Waals surface area contributed by atoms with E-state index < -0.39 is 0 Å². The molecule has 0 saturated carbocycles. The maximum Gasteiger partial charge on any atom is 0.239 e. The van der Waals surface area contributed by atoms with Crippen molar-refractivity contribution >= 4 is 5.91 Å². The molecule has 0 spiro atoms. The summed E-state index contributed by atoms with van der Waals surface area (Å²) in [5.41, 5.74) is 0.445. The fourth-order valence-corrected chi connectivity index (χ4v) is 3.54. The van der Waals surface area contributed by atoms with Crippen LogP contribution in [0.5, 0.6) is 0 Å². The van der Waals surface area contributed by atoms with E-state index in [2.05, 4.69) is 30.6 Å². The molecule has 2 aliphatic heterocycles. The van der Waals surface area contributed by atoms with Crippen molar-refractivity contribution in [2.75, 3.05) is 26.2 Å². The first kappa shape index (κ1) is 15.8. The van der Waals surface area contributed by atoms with Gasteiger partial charge in [0.15, 0.2) is 0 Å². The Labute approximate surface area is 124 Å². The Balaban J connectivity index is 1.92. The van der Waals surface area contributed by atoms with E-state index in [1.54, 1.807) is 0 Å². The Bertz CT molecular complexity index is 319. The zero-order valence-corrected chi connectivity index (χ0v) is 13.7. The Morgan fingerprint density at radius 3 is 2.20 bits per heavy atom. The summed E-state index contributed by atoms with van der Waals surface area (Å²) in [6, 6.07) is 0.0713. The van der Waals surface area contributed by atoms with Gasteiger partial charge in [-0.25, -0.2) is 0 Å². The Morgan fingerprint density at radius 1 is 0.900 bits per heavy atom. The Morgan fingerprint density at radius 2 is 1.55 bits per heavy atom. The predicted molar refractivity (Wildman–Crippen MR) is 83.7 cm³/mol. The highest BCUT2D eigenvalue weighted by molar-refractivity contribution is 5.81. The molecule has 2 heterocycles. The van der Waals surface area contributed by atoms with E-state index in [-0.39, 0.29) is 6.04 Å². The van der Waals surface area contributed by atoms with Crippen LogP contribution in [0, 0.1) is 5.41 Å². The van der Waals surface area contributed by atoms with Crippen LogP contribution in [0.1, 0.15) is 65.7 Å². The molecule has 0 radical (unpaired) electrons. The number of carbonyl (C=O) groups excluding carboxylic acids is 1. The van der Waals surface area contributed by atoms with Crippen LogP contribution in [0.4, 0.5) is 0 Å². The molecule has 3 nitrogen and oxygen atoms in total. The first-order valence-corrected chi connectivity index (χ1v) is 8.52. The lowest BCUT2D eigenvalue weighted by Gasteiger charge is -2.32. The van der Waals surface area contributed by atoms with Crippen molar-refractivity contribution in [1.29, 1.82) is 0 Å². The number of hydrogen-bond donors (Lipinski definition) is 0. The molecule has 1 amide bonds. The van der Waals surface area contributed by atoms with Crippen molar-refractivity contribution in [2.45, 2.75) is 71.8 Å². The smallest absolute Gasteiger partial charge is 0.239 e. The van der Waals surface area contributed by atoms with Gasteiger partial charge in [0.2, 0.25) is 5.91 Å². The van der Waals surface area contributed by atoms with Gasteiger partial charge in [0.25, 0.3) is 0 Å². The first-order valence-electron chi connectivity index (χ1n) is 8.52. The van der Waals surface area contributed by atoms with Crippen LogP contribution in [0.15, 0.2) is 0 Å². The number of hydrogen-bond acceptors (Lipinski definition) is 2. The summed E-state index contributed by atoms with van der Waals surface area (Å²) in [5, 5.41) is 0. The number of rotatable bonds is 2. The van der Waals surface area contributed by atoms with E-state index in [9.17, 15) is 4.79 Å². The van der Waals surface area contributed by atoms with Crippen LogP contribution < -0.4 is 0 Å². The minimum atomic E-state index is 0.0713. The van der Waals surface area contributed by atoms with Gasteiger partial charge in [0.05, 0.1) is 6.04 Å². The fourth-order valence-electron chi connectivity index (χ4n) is 3.54. The molecular formula is C17H32N2O. The third kappa shape index (κ3) is 4.21. The maximum atomic E-state index is 12.7. The van der Waals surface area contributed by atoms with Gasteiger partial charge in [-0.3, -0.25) is 9.69 Å². The molecule has 116 valence electrons. The van der Waals surface area contributed by atoms with Crippen LogP contribution in [0.25, 0.3) is 0 Å². The van der Waals surface area contributed by atoms with Crippen LogP contribution in [-0.2, 0) is 4.79 Å². The second-order valence-corrected chi connectivity index (χ2v) is 7.47. The highest BCUT2D eigenvalue weighted by Gasteiger charge is 2.30. The molecule has 2 aliphatic rings. The highest BCUT2D eigenvalue weighted by atomic mass is 16.2. The zero-order chi connectivity index (χ0) is 14.6. The molecule has 0 aliphatic carbocycles. The molecule has 0 unspecified atom stereocenters. The van der Waals surface area contributed by atoms with Gasteiger partial charge in [-0.1, -0.05) is 26.7 Å². The van der Waals surface area contributed by atoms with Gasteiger partial charge < -0.3 is 4.90 Å². The third-order valence-electron chi connectivity index (χ3n) is 5.20. The van der Waals surface area contributed by atoms with Crippen molar-refractivity contribution in [1.82, 2.24) is 9.80 Å². The first-order chi connectivity index (χ1) is 9.49. The summed E-state index contributed by atoms with van der Waals surface area (Å²) < 4.78 is 0. The molecule has 0 aromatic rings. The standard InChI is InChI=1S/C17H32N2O/c1-15(16(20)19-11-6-4-5-7-12-19)18-13-8-9-17(2,3)10-14-18/h15H,4-14H2,1-3H3/t15-/m1/s1. The summed E-state index contributed by atoms with van der Waals surface area (Å²) in [6.07, 6.45) is 8.67. The molecular weight excluding hydrogens is 248 g/mol. The molecule has 1 atom stereocenters. The minimum absolute atomic E-state index is 0.0713. The van der Waals surface area contributed by atoms with Gasteiger partial charge in [-0.05, 0) is 57.5 Å². The normalized spacial score (nSPS) is 26.6. The average Bonchev–Trinajstić information content (AvgIpc) is 2.77. The van der Waals surface area contributed by atoms with Gasteiger partial charge in [0.1, 0.15) is 0 Å². The van der Waals surface area contributed by atoms with Gasteiger partial charge >= 0.3 is 0 Å². The topological polar surface area (TPSA) is 23.6 Å². The second kappa shape index (κ2) is 6.93.